The van der Waals surface area contributed by atoms with E-state index in [2.05, 4.69) is 15.5 Å². The molecule has 1 saturated carbocycles. The van der Waals surface area contributed by atoms with Gasteiger partial charge < -0.3 is 4.74 Å². The molecule has 0 radical (unpaired) electrons. The summed E-state index contributed by atoms with van der Waals surface area (Å²) in [5, 5.41) is 13.1. The van der Waals surface area contributed by atoms with Gasteiger partial charge in [-0.1, -0.05) is 17.2 Å². The zero-order chi connectivity index (χ0) is 24.2. The Morgan fingerprint density at radius 1 is 1.42 bits per heavy atom. The number of amides is 1. The van der Waals surface area contributed by atoms with Crippen LogP contribution in [0, 0.1) is 17.2 Å². The van der Waals surface area contributed by atoms with E-state index in [1.54, 1.807) is 19.1 Å². The molecule has 1 amide bonds. The highest BCUT2D eigenvalue weighted by Crippen LogP contribution is 2.35. The molecule has 1 aliphatic rings. The lowest BCUT2D eigenvalue weighted by Gasteiger charge is -2.15. The molecule has 0 aliphatic heterocycles. The highest BCUT2D eigenvalue weighted by Gasteiger charge is 2.38. The number of nitrogens with zero attached hydrogens (tertiary/aromatic N) is 4. The van der Waals surface area contributed by atoms with Crippen LogP contribution in [-0.2, 0) is 17.5 Å². The quantitative estimate of drug-likeness (QED) is 0.349. The number of hydrogen-bond acceptors (Lipinski definition) is 6. The Morgan fingerprint density at radius 2 is 2.15 bits per heavy atom. The lowest BCUT2D eigenvalue weighted by atomic mass is 10.1. The molecular weight excluding hydrogens is 463 g/mol. The third-order valence-corrected chi connectivity index (χ3v) is 4.76. The monoisotopic (exact) mass is 479 g/mol. The van der Waals surface area contributed by atoms with E-state index in [9.17, 15) is 22.8 Å². The van der Waals surface area contributed by atoms with E-state index in [0.29, 0.717) is 17.7 Å². The first-order valence-corrected chi connectivity index (χ1v) is 9.99. The fourth-order valence-electron chi connectivity index (χ4n) is 2.97. The van der Waals surface area contributed by atoms with Crippen LogP contribution in [-0.4, -0.2) is 21.7 Å². The Hall–Kier alpha value is -3.65. The van der Waals surface area contributed by atoms with Crippen LogP contribution in [0.2, 0.25) is 5.02 Å². The molecule has 1 heterocycles. The van der Waals surface area contributed by atoms with Crippen molar-refractivity contribution in [1.29, 1.82) is 5.26 Å². The van der Waals surface area contributed by atoms with Gasteiger partial charge in [0.2, 0.25) is 12.2 Å². The summed E-state index contributed by atoms with van der Waals surface area (Å²) in [6.07, 6.45) is -0.296. The third-order valence-electron chi connectivity index (χ3n) is 4.54. The highest BCUT2D eigenvalue weighted by atomic mass is 35.5. The number of halogens is 4. The number of hydrazone groups is 1. The maximum Gasteiger partial charge on any atom is 0.437 e. The summed E-state index contributed by atoms with van der Waals surface area (Å²) in [4.78, 5) is 26.8. The number of carbonyl (C=O) groups is 1. The van der Waals surface area contributed by atoms with Crippen LogP contribution >= 0.6 is 11.6 Å². The van der Waals surface area contributed by atoms with Crippen LogP contribution in [0.4, 0.5) is 13.2 Å². The summed E-state index contributed by atoms with van der Waals surface area (Å²) in [6, 6.07) is 5.45. The van der Waals surface area contributed by atoms with E-state index < -0.39 is 23.2 Å². The summed E-state index contributed by atoms with van der Waals surface area (Å²) >= 11 is 5.88. The lowest BCUT2D eigenvalue weighted by molar-refractivity contribution is -0.142. The number of alkyl halides is 3. The predicted octanol–water partition coefficient (Wildman–Crippen LogP) is 4.04. The summed E-state index contributed by atoms with van der Waals surface area (Å²) in [6.45, 7) is 1.58. The van der Waals surface area contributed by atoms with Gasteiger partial charge >= 0.3 is 6.18 Å². The molecular formula is C21H17ClF3N5O3. The minimum atomic E-state index is -4.96. The Morgan fingerprint density at radius 3 is 2.76 bits per heavy atom. The van der Waals surface area contributed by atoms with Gasteiger partial charge in [0.1, 0.15) is 5.75 Å². The van der Waals surface area contributed by atoms with Gasteiger partial charge in [0, 0.05) is 17.5 Å². The van der Waals surface area contributed by atoms with Crippen molar-refractivity contribution in [3.63, 3.8) is 0 Å². The van der Waals surface area contributed by atoms with Crippen molar-refractivity contribution in [2.24, 2.45) is 11.0 Å². The van der Waals surface area contributed by atoms with Crippen molar-refractivity contribution in [2.75, 3.05) is 0 Å². The van der Waals surface area contributed by atoms with E-state index in [4.69, 9.17) is 21.6 Å². The average molecular weight is 480 g/mol. The number of nitriles is 1. The van der Waals surface area contributed by atoms with Gasteiger partial charge in [-0.2, -0.15) is 23.5 Å². The van der Waals surface area contributed by atoms with Crippen molar-refractivity contribution in [1.82, 2.24) is 15.0 Å². The van der Waals surface area contributed by atoms with Crippen LogP contribution in [0.25, 0.3) is 0 Å². The number of benzene rings is 1. The van der Waals surface area contributed by atoms with Crippen molar-refractivity contribution >= 4 is 23.7 Å². The topological polar surface area (TPSA) is 109 Å². The fraction of sp³-hybridized carbons (Fsp3) is 0.286. The fourth-order valence-corrected chi connectivity index (χ4v) is 3.19. The van der Waals surface area contributed by atoms with Crippen LogP contribution < -0.4 is 15.7 Å². The van der Waals surface area contributed by atoms with E-state index >= 15 is 0 Å². The molecule has 1 aliphatic carbocycles. The van der Waals surface area contributed by atoms with Crippen molar-refractivity contribution in [3.8, 4) is 17.6 Å². The Labute approximate surface area is 191 Å². The third kappa shape index (κ3) is 6.20. The standard InChI is InChI=1S/C21H17ClF3N5O3/c1-12(4-17(14-2-3-14)29-28-11-31)9-30-10-27-19(21(23,24)25)18(20(30)32)33-16-6-13(8-26)5-15(22)7-16/h4-7,10-11,14H,2-3,9H2,1H3,(H,28,31)/b12-4+,29-17+. The second-order valence-electron chi connectivity index (χ2n) is 7.29. The molecule has 33 heavy (non-hydrogen) atoms. The maximum absolute atomic E-state index is 13.5. The zero-order valence-electron chi connectivity index (χ0n) is 17.2. The van der Waals surface area contributed by atoms with E-state index in [1.807, 2.05) is 0 Å². The molecule has 0 bridgehead atoms. The number of rotatable bonds is 8. The Kier molecular flexibility index (Phi) is 7.18. The molecule has 0 saturated heterocycles. The number of hydrogen-bond donors (Lipinski definition) is 1. The summed E-state index contributed by atoms with van der Waals surface area (Å²) in [7, 11) is 0. The minimum Gasteiger partial charge on any atom is -0.449 e. The average Bonchev–Trinajstić information content (AvgIpc) is 3.58. The van der Waals surface area contributed by atoms with Crippen molar-refractivity contribution in [2.45, 2.75) is 32.5 Å². The highest BCUT2D eigenvalue weighted by molar-refractivity contribution is 6.30. The maximum atomic E-state index is 13.5. The molecule has 0 spiro atoms. The summed E-state index contributed by atoms with van der Waals surface area (Å²) in [5.74, 6) is -1.08. The first-order chi connectivity index (χ1) is 15.6. The number of allylic oxidation sites excluding steroid dienone is 2. The minimum absolute atomic E-state index is 0.0462. The second-order valence-corrected chi connectivity index (χ2v) is 7.73. The van der Waals surface area contributed by atoms with E-state index in [-0.39, 0.29) is 28.8 Å². The molecule has 2 aromatic rings. The molecule has 1 fully saturated rings. The number of ether oxygens (including phenoxy) is 1. The molecule has 1 aromatic heterocycles. The number of aromatic nitrogens is 2. The predicted molar refractivity (Wildman–Crippen MR) is 113 cm³/mol. The molecule has 12 heteroatoms. The van der Waals surface area contributed by atoms with Gasteiger partial charge in [0.25, 0.3) is 5.56 Å². The van der Waals surface area contributed by atoms with Crippen LogP contribution in [0.1, 0.15) is 31.0 Å². The first kappa shape index (κ1) is 24.0. The van der Waals surface area contributed by atoms with E-state index in [1.165, 1.54) is 12.1 Å². The van der Waals surface area contributed by atoms with Gasteiger partial charge in [-0.3, -0.25) is 14.2 Å². The van der Waals surface area contributed by atoms with Crippen LogP contribution in [0.15, 0.2) is 46.1 Å². The normalized spacial score (nSPS) is 14.5. The van der Waals surface area contributed by atoms with Gasteiger partial charge in [0.15, 0.2) is 5.69 Å². The van der Waals surface area contributed by atoms with Gasteiger partial charge in [0.05, 0.1) is 23.7 Å². The van der Waals surface area contributed by atoms with E-state index in [0.717, 1.165) is 29.8 Å². The molecule has 172 valence electrons. The summed E-state index contributed by atoms with van der Waals surface area (Å²) < 4.78 is 46.7. The lowest BCUT2D eigenvalue weighted by Crippen LogP contribution is -2.26. The zero-order valence-corrected chi connectivity index (χ0v) is 17.9. The number of nitrogens with one attached hydrogen (secondary N) is 1. The Bertz CT molecular complexity index is 1230. The molecule has 1 aromatic carbocycles. The van der Waals surface area contributed by atoms with Crippen LogP contribution in [0.5, 0.6) is 11.5 Å². The number of carbonyl (C=O) groups excluding carboxylic acids is 1. The first-order valence-electron chi connectivity index (χ1n) is 9.61. The van der Waals surface area contributed by atoms with Gasteiger partial charge in [-0.05, 0) is 44.0 Å². The van der Waals surface area contributed by atoms with Crippen molar-refractivity contribution in [3.05, 3.63) is 62.8 Å². The molecule has 8 nitrogen and oxygen atoms in total. The second kappa shape index (κ2) is 9.87. The Balaban J connectivity index is 1.99. The molecule has 0 atom stereocenters. The molecule has 0 unspecified atom stereocenters. The molecule has 3 rings (SSSR count). The molecule has 1 N–H and O–H groups in total. The van der Waals surface area contributed by atoms with Gasteiger partial charge in [-0.25, -0.2) is 10.4 Å². The largest absolute Gasteiger partial charge is 0.449 e. The SMILES string of the molecule is C/C(=C\C(=N/NC=O)C1CC1)Cn1cnc(C(F)(F)F)c(Oc2cc(Cl)cc(C#N)c2)c1=O. The van der Waals surface area contributed by atoms with Crippen LogP contribution in [0.3, 0.4) is 0 Å². The van der Waals surface area contributed by atoms with Gasteiger partial charge in [-0.15, -0.1) is 0 Å². The van der Waals surface area contributed by atoms with Crippen molar-refractivity contribution < 1.29 is 22.7 Å². The summed E-state index contributed by atoms with van der Waals surface area (Å²) in [5.41, 5.74) is 0.902. The smallest absolute Gasteiger partial charge is 0.437 e.